The Bertz CT molecular complexity index is 1140. The highest BCUT2D eigenvalue weighted by molar-refractivity contribution is 5.69. The quantitative estimate of drug-likeness (QED) is 0.458. The van der Waals surface area contributed by atoms with Crippen LogP contribution >= 0.6 is 0 Å². The summed E-state index contributed by atoms with van der Waals surface area (Å²) in [7, 11) is 0. The van der Waals surface area contributed by atoms with E-state index in [9.17, 15) is 0 Å². The van der Waals surface area contributed by atoms with Crippen LogP contribution in [0.2, 0.25) is 0 Å². The van der Waals surface area contributed by atoms with Crippen molar-refractivity contribution in [3.63, 3.8) is 0 Å². The van der Waals surface area contributed by atoms with Crippen LogP contribution in [0.1, 0.15) is 94.5 Å². The molecule has 0 aromatic heterocycles. The van der Waals surface area contributed by atoms with Crippen molar-refractivity contribution in [3.05, 3.63) is 64.2 Å². The van der Waals surface area contributed by atoms with Crippen molar-refractivity contribution >= 4 is 5.57 Å². The van der Waals surface area contributed by atoms with Crippen LogP contribution in [0.4, 0.5) is 0 Å². The number of hydrogen-bond acceptors (Lipinski definition) is 4. The monoisotopic (exact) mass is 474 g/mol. The molecule has 0 fully saturated rings. The molecule has 0 saturated carbocycles. The van der Waals surface area contributed by atoms with Crippen molar-refractivity contribution in [3.8, 4) is 11.5 Å². The highest BCUT2D eigenvalue weighted by atomic mass is 16.5. The molecule has 0 amide bonds. The van der Waals surface area contributed by atoms with E-state index >= 15 is 0 Å². The minimum absolute atomic E-state index is 0.1000. The first-order valence-corrected chi connectivity index (χ1v) is 13.2. The van der Waals surface area contributed by atoms with Gasteiger partial charge in [-0.2, -0.15) is 0 Å². The lowest BCUT2D eigenvalue weighted by molar-refractivity contribution is 0.0213. The molecule has 2 aliphatic heterocycles. The van der Waals surface area contributed by atoms with Gasteiger partial charge in [0, 0.05) is 35.3 Å². The third-order valence-electron chi connectivity index (χ3n) is 8.05. The summed E-state index contributed by atoms with van der Waals surface area (Å²) in [4.78, 5) is 4.81. The smallest absolute Gasteiger partial charge is 0.142 e. The molecule has 2 heterocycles. The Morgan fingerprint density at radius 2 is 1.51 bits per heavy atom. The van der Waals surface area contributed by atoms with Gasteiger partial charge in [0.1, 0.15) is 25.0 Å². The van der Waals surface area contributed by atoms with Gasteiger partial charge < -0.3 is 9.47 Å². The minimum Gasteiger partial charge on any atom is -0.478 e. The van der Waals surface area contributed by atoms with Crippen molar-refractivity contribution in [2.75, 3.05) is 13.5 Å². The fraction of sp³-hybridized carbons (Fsp3) is 0.548. The molecule has 0 radical (unpaired) electrons. The number of benzene rings is 2. The Balaban J connectivity index is 1.33. The van der Waals surface area contributed by atoms with Crippen LogP contribution in [0.5, 0.6) is 11.5 Å². The predicted octanol–water partition coefficient (Wildman–Crippen LogP) is 7.25. The molecule has 3 aliphatic rings. The molecular weight excluding hydrogens is 432 g/mol. The molecule has 1 atom stereocenters. The SMILES string of the molecule is Cc1cc(C2=CCC(c3ccc4c(c3)CN(C(C)(C)C)CO4)CC2)cc2c1OCN(C(C)(C)C)C2. The van der Waals surface area contributed by atoms with Gasteiger partial charge in [0.2, 0.25) is 0 Å². The van der Waals surface area contributed by atoms with E-state index in [1.54, 1.807) is 0 Å². The molecule has 1 unspecified atom stereocenters. The van der Waals surface area contributed by atoms with Gasteiger partial charge in [0.05, 0.1) is 0 Å². The Morgan fingerprint density at radius 1 is 0.829 bits per heavy atom. The number of rotatable bonds is 2. The lowest BCUT2D eigenvalue weighted by atomic mass is 9.81. The topological polar surface area (TPSA) is 24.9 Å². The first kappa shape index (κ1) is 24.4. The molecular formula is C31H42N2O2. The van der Waals surface area contributed by atoms with E-state index in [2.05, 4.69) is 94.7 Å². The average molecular weight is 475 g/mol. The zero-order valence-electron chi connectivity index (χ0n) is 22.7. The number of aryl methyl sites for hydroxylation is 1. The molecule has 2 aromatic rings. The van der Waals surface area contributed by atoms with E-state index in [0.717, 1.165) is 37.4 Å². The molecule has 0 saturated heterocycles. The van der Waals surface area contributed by atoms with Gasteiger partial charge in [-0.3, -0.25) is 9.80 Å². The molecule has 4 heteroatoms. The highest BCUT2D eigenvalue weighted by Gasteiger charge is 2.30. The summed E-state index contributed by atoms with van der Waals surface area (Å²) in [5, 5.41) is 0. The molecule has 1 aliphatic carbocycles. The van der Waals surface area contributed by atoms with Gasteiger partial charge in [-0.05, 0) is 114 Å². The first-order chi connectivity index (χ1) is 16.5. The van der Waals surface area contributed by atoms with E-state index in [4.69, 9.17) is 9.47 Å². The van der Waals surface area contributed by atoms with Crippen molar-refractivity contribution in [2.45, 2.75) is 97.8 Å². The van der Waals surface area contributed by atoms with Gasteiger partial charge in [-0.15, -0.1) is 0 Å². The molecule has 0 bridgehead atoms. The van der Waals surface area contributed by atoms with Crippen molar-refractivity contribution < 1.29 is 9.47 Å². The minimum atomic E-state index is 0.1000. The zero-order chi connectivity index (χ0) is 25.0. The fourth-order valence-electron chi connectivity index (χ4n) is 5.53. The second-order valence-corrected chi connectivity index (χ2v) is 12.6. The van der Waals surface area contributed by atoms with E-state index in [-0.39, 0.29) is 11.1 Å². The summed E-state index contributed by atoms with van der Waals surface area (Å²) in [5.74, 6) is 2.72. The second-order valence-electron chi connectivity index (χ2n) is 12.6. The number of fused-ring (bicyclic) bond motifs is 2. The van der Waals surface area contributed by atoms with Crippen LogP contribution in [-0.4, -0.2) is 34.3 Å². The Morgan fingerprint density at radius 3 is 2.17 bits per heavy atom. The van der Waals surface area contributed by atoms with E-state index in [1.165, 1.54) is 39.8 Å². The molecule has 2 aromatic carbocycles. The molecule has 5 rings (SSSR count). The second kappa shape index (κ2) is 8.97. The number of hydrogen-bond donors (Lipinski definition) is 0. The van der Waals surface area contributed by atoms with Gasteiger partial charge >= 0.3 is 0 Å². The standard InChI is InChI=1S/C31H42N2O2/c1-21-14-25(16-27-18-33(31(5,6)7)20-35-29(21)27)23-10-8-22(9-11-23)24-12-13-28-26(15-24)17-32(19-34-28)30(2,3)4/h10,12-16,22H,8-9,11,17-20H2,1-7H3. The number of allylic oxidation sites excluding steroid dienone is 2. The lowest BCUT2D eigenvalue weighted by Gasteiger charge is -2.39. The van der Waals surface area contributed by atoms with Crippen LogP contribution in [0.3, 0.4) is 0 Å². The molecule has 4 nitrogen and oxygen atoms in total. The molecule has 35 heavy (non-hydrogen) atoms. The predicted molar refractivity (Wildman–Crippen MR) is 144 cm³/mol. The maximum Gasteiger partial charge on any atom is 0.142 e. The van der Waals surface area contributed by atoms with Crippen LogP contribution in [-0.2, 0) is 13.1 Å². The van der Waals surface area contributed by atoms with Crippen LogP contribution in [0, 0.1) is 6.92 Å². The number of nitrogens with zero attached hydrogens (tertiary/aromatic N) is 2. The van der Waals surface area contributed by atoms with Gasteiger partial charge in [-0.25, -0.2) is 0 Å². The summed E-state index contributed by atoms with van der Waals surface area (Å²) in [6, 6.07) is 11.6. The third kappa shape index (κ3) is 5.01. The summed E-state index contributed by atoms with van der Waals surface area (Å²) in [6.45, 7) is 19.0. The fourth-order valence-corrected chi connectivity index (χ4v) is 5.53. The Kier molecular flexibility index (Phi) is 6.26. The summed E-state index contributed by atoms with van der Waals surface area (Å²) in [6.07, 6.45) is 5.89. The largest absolute Gasteiger partial charge is 0.478 e. The average Bonchev–Trinajstić information content (AvgIpc) is 2.82. The van der Waals surface area contributed by atoms with E-state index in [1.807, 2.05) is 0 Å². The maximum absolute atomic E-state index is 6.18. The Hall–Kier alpha value is -2.30. The summed E-state index contributed by atoms with van der Waals surface area (Å²) < 4.78 is 12.2. The zero-order valence-corrected chi connectivity index (χ0v) is 22.7. The number of ether oxygens (including phenoxy) is 2. The van der Waals surface area contributed by atoms with Crippen molar-refractivity contribution in [1.29, 1.82) is 0 Å². The normalized spacial score (nSPS) is 21.5. The van der Waals surface area contributed by atoms with Crippen LogP contribution < -0.4 is 9.47 Å². The van der Waals surface area contributed by atoms with Crippen LogP contribution in [0.15, 0.2) is 36.4 Å². The van der Waals surface area contributed by atoms with E-state index in [0.29, 0.717) is 19.4 Å². The van der Waals surface area contributed by atoms with E-state index < -0.39 is 0 Å². The van der Waals surface area contributed by atoms with Gasteiger partial charge in [-0.1, -0.05) is 18.2 Å². The first-order valence-electron chi connectivity index (χ1n) is 13.2. The van der Waals surface area contributed by atoms with Crippen molar-refractivity contribution in [2.24, 2.45) is 0 Å². The van der Waals surface area contributed by atoms with Crippen LogP contribution in [0.25, 0.3) is 5.57 Å². The van der Waals surface area contributed by atoms with Crippen molar-refractivity contribution in [1.82, 2.24) is 9.80 Å². The summed E-state index contributed by atoms with van der Waals surface area (Å²) in [5.41, 5.74) is 8.43. The molecule has 0 spiro atoms. The summed E-state index contributed by atoms with van der Waals surface area (Å²) >= 11 is 0. The molecule has 188 valence electrons. The maximum atomic E-state index is 6.18. The van der Waals surface area contributed by atoms with Gasteiger partial charge in [0.15, 0.2) is 0 Å². The highest BCUT2D eigenvalue weighted by Crippen LogP contribution is 2.41. The Labute approximate surface area is 211 Å². The lowest BCUT2D eigenvalue weighted by Crippen LogP contribution is -2.45. The molecule has 0 N–H and O–H groups in total. The van der Waals surface area contributed by atoms with Gasteiger partial charge in [0.25, 0.3) is 0 Å². The third-order valence-corrected chi connectivity index (χ3v) is 8.05.